The topological polar surface area (TPSA) is 53.2 Å². The van der Waals surface area contributed by atoms with Gasteiger partial charge in [0.05, 0.1) is 11.6 Å². The van der Waals surface area contributed by atoms with E-state index in [1.54, 1.807) is 24.3 Å². The van der Waals surface area contributed by atoms with Crippen molar-refractivity contribution in [1.82, 2.24) is 0 Å². The van der Waals surface area contributed by atoms with E-state index in [4.69, 9.17) is 10.00 Å². The van der Waals surface area contributed by atoms with Crippen LogP contribution in [0.2, 0.25) is 0 Å². The SMILES string of the molecule is CCC(CO)c1cccc(Oc2ccc(C#N)cc2)c1. The van der Waals surface area contributed by atoms with E-state index in [1.165, 1.54) is 0 Å². The molecule has 1 N–H and O–H groups in total. The number of ether oxygens (including phenoxy) is 1. The molecule has 0 radical (unpaired) electrons. The average molecular weight is 267 g/mol. The van der Waals surface area contributed by atoms with Crippen LogP contribution in [-0.4, -0.2) is 11.7 Å². The molecule has 102 valence electrons. The van der Waals surface area contributed by atoms with Crippen LogP contribution >= 0.6 is 0 Å². The second kappa shape index (κ2) is 6.74. The van der Waals surface area contributed by atoms with Crippen LogP contribution in [0.5, 0.6) is 11.5 Å². The Labute approximate surface area is 119 Å². The third-order valence-corrected chi connectivity index (χ3v) is 3.26. The van der Waals surface area contributed by atoms with Crippen molar-refractivity contribution < 1.29 is 9.84 Å². The highest BCUT2D eigenvalue weighted by Gasteiger charge is 2.09. The lowest BCUT2D eigenvalue weighted by molar-refractivity contribution is 0.262. The van der Waals surface area contributed by atoms with Crippen LogP contribution in [-0.2, 0) is 0 Å². The summed E-state index contributed by atoms with van der Waals surface area (Å²) in [5.74, 6) is 1.57. The predicted octanol–water partition coefficient (Wildman–Crippen LogP) is 3.84. The number of nitriles is 1. The number of hydrogen-bond acceptors (Lipinski definition) is 3. The van der Waals surface area contributed by atoms with Crippen molar-refractivity contribution in [1.29, 1.82) is 5.26 Å². The quantitative estimate of drug-likeness (QED) is 0.895. The number of aliphatic hydroxyl groups excluding tert-OH is 1. The molecule has 0 saturated heterocycles. The van der Waals surface area contributed by atoms with Gasteiger partial charge in [0, 0.05) is 12.5 Å². The second-order valence-electron chi connectivity index (χ2n) is 4.60. The van der Waals surface area contributed by atoms with Crippen molar-refractivity contribution in [3.63, 3.8) is 0 Å². The fraction of sp³-hybridized carbons (Fsp3) is 0.235. The summed E-state index contributed by atoms with van der Waals surface area (Å²) in [7, 11) is 0. The lowest BCUT2D eigenvalue weighted by Crippen LogP contribution is -2.02. The summed E-state index contributed by atoms with van der Waals surface area (Å²) in [4.78, 5) is 0. The second-order valence-corrected chi connectivity index (χ2v) is 4.60. The Bertz CT molecular complexity index is 595. The number of hydrogen-bond donors (Lipinski definition) is 1. The third kappa shape index (κ3) is 3.37. The molecular formula is C17H17NO2. The molecule has 0 spiro atoms. The number of benzene rings is 2. The van der Waals surface area contributed by atoms with Crippen molar-refractivity contribution in [3.05, 3.63) is 59.7 Å². The Morgan fingerprint density at radius 3 is 2.50 bits per heavy atom. The highest BCUT2D eigenvalue weighted by molar-refractivity contribution is 5.38. The number of rotatable bonds is 5. The monoisotopic (exact) mass is 267 g/mol. The Morgan fingerprint density at radius 1 is 1.15 bits per heavy atom. The van der Waals surface area contributed by atoms with Gasteiger partial charge in [-0.3, -0.25) is 0 Å². The highest BCUT2D eigenvalue weighted by atomic mass is 16.5. The minimum absolute atomic E-state index is 0.136. The first kappa shape index (κ1) is 14.1. The van der Waals surface area contributed by atoms with Crippen LogP contribution in [0.3, 0.4) is 0 Å². The predicted molar refractivity (Wildman–Crippen MR) is 77.8 cm³/mol. The molecule has 0 saturated carbocycles. The van der Waals surface area contributed by atoms with Gasteiger partial charge in [0.2, 0.25) is 0 Å². The van der Waals surface area contributed by atoms with Crippen molar-refractivity contribution in [2.75, 3.05) is 6.61 Å². The molecule has 0 fully saturated rings. The Kier molecular flexibility index (Phi) is 4.75. The van der Waals surface area contributed by atoms with Crippen LogP contribution in [0.4, 0.5) is 0 Å². The van der Waals surface area contributed by atoms with Crippen molar-refractivity contribution >= 4 is 0 Å². The minimum Gasteiger partial charge on any atom is -0.457 e. The fourth-order valence-corrected chi connectivity index (χ4v) is 2.04. The van der Waals surface area contributed by atoms with Crippen molar-refractivity contribution in [2.45, 2.75) is 19.3 Å². The maximum absolute atomic E-state index is 9.35. The normalized spacial score (nSPS) is 11.7. The molecule has 0 aliphatic carbocycles. The molecule has 3 heteroatoms. The van der Waals surface area contributed by atoms with Gasteiger partial charge >= 0.3 is 0 Å². The van der Waals surface area contributed by atoms with Crippen molar-refractivity contribution in [2.24, 2.45) is 0 Å². The summed E-state index contributed by atoms with van der Waals surface area (Å²) in [5.41, 5.74) is 1.68. The molecule has 2 aromatic carbocycles. The summed E-state index contributed by atoms with van der Waals surface area (Å²) in [5, 5.41) is 18.1. The van der Waals surface area contributed by atoms with Gasteiger partial charge in [0.1, 0.15) is 11.5 Å². The van der Waals surface area contributed by atoms with Gasteiger partial charge in [-0.05, 0) is 48.4 Å². The lowest BCUT2D eigenvalue weighted by atomic mass is 9.97. The number of nitrogens with zero attached hydrogens (tertiary/aromatic N) is 1. The molecule has 0 aliphatic rings. The maximum atomic E-state index is 9.35. The van der Waals surface area contributed by atoms with E-state index in [-0.39, 0.29) is 12.5 Å². The molecule has 3 nitrogen and oxygen atoms in total. The van der Waals surface area contributed by atoms with Crippen LogP contribution in [0.15, 0.2) is 48.5 Å². The van der Waals surface area contributed by atoms with Crippen LogP contribution in [0.1, 0.15) is 30.4 Å². The Hall–Kier alpha value is -2.31. The molecule has 0 aliphatic heterocycles. The van der Waals surface area contributed by atoms with E-state index >= 15 is 0 Å². The molecule has 1 unspecified atom stereocenters. The van der Waals surface area contributed by atoms with E-state index in [1.807, 2.05) is 24.3 Å². The Morgan fingerprint density at radius 2 is 1.90 bits per heavy atom. The largest absolute Gasteiger partial charge is 0.457 e. The highest BCUT2D eigenvalue weighted by Crippen LogP contribution is 2.26. The summed E-state index contributed by atoms with van der Waals surface area (Å²) < 4.78 is 5.77. The van der Waals surface area contributed by atoms with Gasteiger partial charge in [0.25, 0.3) is 0 Å². The Balaban J connectivity index is 2.16. The van der Waals surface area contributed by atoms with Gasteiger partial charge in [-0.2, -0.15) is 5.26 Å². The maximum Gasteiger partial charge on any atom is 0.127 e. The fourth-order valence-electron chi connectivity index (χ4n) is 2.04. The molecule has 2 rings (SSSR count). The van der Waals surface area contributed by atoms with Gasteiger partial charge in [0.15, 0.2) is 0 Å². The van der Waals surface area contributed by atoms with Crippen molar-refractivity contribution in [3.8, 4) is 17.6 Å². The molecule has 2 aromatic rings. The summed E-state index contributed by atoms with van der Waals surface area (Å²) >= 11 is 0. The zero-order chi connectivity index (χ0) is 14.4. The van der Waals surface area contributed by atoms with E-state index < -0.39 is 0 Å². The van der Waals surface area contributed by atoms with E-state index in [0.717, 1.165) is 17.7 Å². The molecule has 0 heterocycles. The molecule has 0 bridgehead atoms. The lowest BCUT2D eigenvalue weighted by Gasteiger charge is -2.13. The molecule has 20 heavy (non-hydrogen) atoms. The zero-order valence-electron chi connectivity index (χ0n) is 11.4. The molecule has 0 amide bonds. The zero-order valence-corrected chi connectivity index (χ0v) is 11.4. The first-order chi connectivity index (χ1) is 9.76. The van der Waals surface area contributed by atoms with E-state index in [0.29, 0.717) is 11.3 Å². The van der Waals surface area contributed by atoms with Gasteiger partial charge in [-0.25, -0.2) is 0 Å². The number of aliphatic hydroxyl groups is 1. The molecule has 0 aromatic heterocycles. The van der Waals surface area contributed by atoms with Crippen LogP contribution < -0.4 is 4.74 Å². The smallest absolute Gasteiger partial charge is 0.127 e. The van der Waals surface area contributed by atoms with Gasteiger partial charge < -0.3 is 9.84 Å². The standard InChI is InChI=1S/C17H17NO2/c1-2-14(12-19)15-4-3-5-17(10-15)20-16-8-6-13(11-18)7-9-16/h3-10,14,19H,2,12H2,1H3. The average Bonchev–Trinajstić information content (AvgIpc) is 2.50. The first-order valence-corrected chi connectivity index (χ1v) is 6.65. The third-order valence-electron chi connectivity index (χ3n) is 3.26. The van der Waals surface area contributed by atoms with Gasteiger partial charge in [-0.1, -0.05) is 19.1 Å². The summed E-state index contributed by atoms with van der Waals surface area (Å²) in [6, 6.07) is 16.8. The summed E-state index contributed by atoms with van der Waals surface area (Å²) in [6.07, 6.45) is 0.886. The van der Waals surface area contributed by atoms with E-state index in [2.05, 4.69) is 13.0 Å². The van der Waals surface area contributed by atoms with Gasteiger partial charge in [-0.15, -0.1) is 0 Å². The molecular weight excluding hydrogens is 250 g/mol. The van der Waals surface area contributed by atoms with E-state index in [9.17, 15) is 5.11 Å². The minimum atomic E-state index is 0.136. The first-order valence-electron chi connectivity index (χ1n) is 6.65. The molecule has 1 atom stereocenters. The van der Waals surface area contributed by atoms with Crippen LogP contribution in [0.25, 0.3) is 0 Å². The summed E-state index contributed by atoms with van der Waals surface area (Å²) in [6.45, 7) is 2.19. The van der Waals surface area contributed by atoms with Crippen LogP contribution in [0, 0.1) is 11.3 Å².